The third kappa shape index (κ3) is 3.08. The van der Waals surface area contributed by atoms with Gasteiger partial charge in [0.2, 0.25) is 0 Å². The van der Waals surface area contributed by atoms with E-state index in [9.17, 15) is 14.7 Å². The molecule has 5 nitrogen and oxygen atoms in total. The Bertz CT molecular complexity index is 914. The lowest BCUT2D eigenvalue weighted by molar-refractivity contribution is -0.121. The molecule has 0 aliphatic carbocycles. The van der Waals surface area contributed by atoms with Crippen LogP contribution in [0.3, 0.4) is 0 Å². The number of aliphatic hydroxyl groups excluding tert-OH is 1. The fourth-order valence-corrected chi connectivity index (χ4v) is 3.02. The number of carbonyl (C=O) groups excluding carboxylic acids is 2. The van der Waals surface area contributed by atoms with Crippen molar-refractivity contribution in [3.8, 4) is 5.75 Å². The Morgan fingerprint density at radius 2 is 1.81 bits per heavy atom. The molecule has 0 spiro atoms. The molecule has 2 amide bonds. The van der Waals surface area contributed by atoms with E-state index in [0.717, 1.165) is 22.4 Å². The Morgan fingerprint density at radius 1 is 1.04 bits per heavy atom. The first kappa shape index (κ1) is 17.7. The molecule has 0 saturated carbocycles. The highest BCUT2D eigenvalue weighted by Gasteiger charge is 2.40. The Kier molecular flexibility index (Phi) is 4.80. The maximum Gasteiger partial charge on any atom is 0.301 e. The van der Waals surface area contributed by atoms with Crippen molar-refractivity contribution in [2.45, 2.75) is 27.2 Å². The van der Waals surface area contributed by atoms with Gasteiger partial charge in [-0.3, -0.25) is 9.59 Å². The van der Waals surface area contributed by atoms with Crippen LogP contribution < -0.4 is 9.64 Å². The first-order valence-corrected chi connectivity index (χ1v) is 8.56. The van der Waals surface area contributed by atoms with Gasteiger partial charge in [-0.2, -0.15) is 0 Å². The van der Waals surface area contributed by atoms with Crippen molar-refractivity contribution in [3.05, 3.63) is 64.9 Å². The van der Waals surface area contributed by atoms with Crippen molar-refractivity contribution in [2.75, 3.05) is 11.5 Å². The number of carbonyl (C=O) groups is 2. The van der Waals surface area contributed by atoms with E-state index >= 15 is 0 Å². The summed E-state index contributed by atoms with van der Waals surface area (Å²) < 4.78 is 5.57. The van der Waals surface area contributed by atoms with E-state index in [2.05, 4.69) is 0 Å². The molecule has 3 rings (SSSR count). The molecular weight excluding hydrogens is 330 g/mol. The number of nitrogens with zero attached hydrogens (tertiary/aromatic N) is 1. The quantitative estimate of drug-likeness (QED) is 0.829. The minimum Gasteiger partial charge on any atom is -0.502 e. The number of hydrogen-bond donors (Lipinski definition) is 1. The monoisotopic (exact) mass is 351 g/mol. The molecule has 1 heterocycles. The maximum absolute atomic E-state index is 12.9. The number of benzene rings is 2. The minimum absolute atomic E-state index is 0.0346. The van der Waals surface area contributed by atoms with E-state index < -0.39 is 17.6 Å². The van der Waals surface area contributed by atoms with E-state index in [1.165, 1.54) is 0 Å². The summed E-state index contributed by atoms with van der Waals surface area (Å²) in [6.07, 6.45) is 0.852. The number of ether oxygens (including phenoxy) is 1. The van der Waals surface area contributed by atoms with Crippen LogP contribution in [-0.4, -0.2) is 23.5 Å². The first-order valence-electron chi connectivity index (χ1n) is 8.56. The summed E-state index contributed by atoms with van der Waals surface area (Å²) in [6, 6.07) is 12.3. The summed E-state index contributed by atoms with van der Waals surface area (Å²) in [5.41, 5.74) is 2.84. The van der Waals surface area contributed by atoms with Gasteiger partial charge in [-0.05, 0) is 43.5 Å². The van der Waals surface area contributed by atoms with Crippen molar-refractivity contribution < 1.29 is 19.4 Å². The fraction of sp³-hybridized carbons (Fsp3) is 0.238. The summed E-state index contributed by atoms with van der Waals surface area (Å²) in [5, 5.41) is 10.4. The van der Waals surface area contributed by atoms with Crippen LogP contribution in [-0.2, 0) is 9.59 Å². The largest absolute Gasteiger partial charge is 0.502 e. The first-order chi connectivity index (χ1) is 12.4. The molecule has 0 saturated heterocycles. The van der Waals surface area contributed by atoms with Crippen LogP contribution >= 0.6 is 0 Å². The lowest BCUT2D eigenvalue weighted by Crippen LogP contribution is -2.31. The zero-order valence-electron chi connectivity index (χ0n) is 15.1. The molecule has 134 valence electrons. The average molecular weight is 351 g/mol. The SMILES string of the molecule is CCCOc1cccc(N2C(=O)C(O)=C(c3ccc(C)cc3C)C2=O)c1. The standard InChI is InChI=1S/C21H21NO4/c1-4-10-26-16-7-5-6-15(12-16)22-20(24)18(19(23)21(22)25)17-9-8-13(2)11-14(17)3/h5-9,11-12,23H,4,10H2,1-3H3. The van der Waals surface area contributed by atoms with Crippen molar-refractivity contribution in [2.24, 2.45) is 0 Å². The van der Waals surface area contributed by atoms with Gasteiger partial charge in [0.05, 0.1) is 17.9 Å². The molecule has 2 aromatic rings. The van der Waals surface area contributed by atoms with Crippen molar-refractivity contribution in [1.82, 2.24) is 0 Å². The number of aryl methyl sites for hydroxylation is 2. The van der Waals surface area contributed by atoms with E-state index in [1.54, 1.807) is 30.3 Å². The third-order valence-corrected chi connectivity index (χ3v) is 4.26. The normalized spacial score (nSPS) is 14.3. The van der Waals surface area contributed by atoms with Crippen LogP contribution in [0.5, 0.6) is 5.75 Å². The van der Waals surface area contributed by atoms with Gasteiger partial charge < -0.3 is 9.84 Å². The molecule has 2 aromatic carbocycles. The van der Waals surface area contributed by atoms with Gasteiger partial charge in [0.25, 0.3) is 5.91 Å². The van der Waals surface area contributed by atoms with Crippen molar-refractivity contribution >= 4 is 23.1 Å². The van der Waals surface area contributed by atoms with Crippen LogP contribution in [0.25, 0.3) is 5.57 Å². The Labute approximate surface area is 152 Å². The minimum atomic E-state index is -0.724. The molecule has 1 N–H and O–H groups in total. The number of hydrogen-bond acceptors (Lipinski definition) is 4. The number of rotatable bonds is 5. The van der Waals surface area contributed by atoms with Gasteiger partial charge in [-0.1, -0.05) is 36.8 Å². The van der Waals surface area contributed by atoms with Gasteiger partial charge in [-0.15, -0.1) is 0 Å². The average Bonchev–Trinajstić information content (AvgIpc) is 2.83. The number of imide groups is 1. The van der Waals surface area contributed by atoms with Gasteiger partial charge in [0, 0.05) is 6.07 Å². The molecule has 0 aromatic heterocycles. The zero-order chi connectivity index (χ0) is 18.8. The van der Waals surface area contributed by atoms with Crippen LogP contribution in [0.1, 0.15) is 30.0 Å². The smallest absolute Gasteiger partial charge is 0.301 e. The number of anilines is 1. The van der Waals surface area contributed by atoms with Crippen molar-refractivity contribution in [3.63, 3.8) is 0 Å². The Morgan fingerprint density at radius 3 is 2.50 bits per heavy atom. The predicted octanol–water partition coefficient (Wildman–Crippen LogP) is 3.93. The second kappa shape index (κ2) is 7.04. The topological polar surface area (TPSA) is 66.8 Å². The summed E-state index contributed by atoms with van der Waals surface area (Å²) in [7, 11) is 0. The number of aliphatic hydroxyl groups is 1. The number of amides is 2. The fourth-order valence-electron chi connectivity index (χ4n) is 3.02. The lowest BCUT2D eigenvalue weighted by Gasteiger charge is -2.16. The van der Waals surface area contributed by atoms with Crippen LogP contribution in [0.2, 0.25) is 0 Å². The van der Waals surface area contributed by atoms with Gasteiger partial charge in [-0.25, -0.2) is 4.90 Å². The highest BCUT2D eigenvalue weighted by molar-refractivity contribution is 6.45. The molecule has 0 radical (unpaired) electrons. The summed E-state index contributed by atoms with van der Waals surface area (Å²) >= 11 is 0. The molecular formula is C21H21NO4. The molecule has 5 heteroatoms. The Hall–Kier alpha value is -3.08. The summed E-state index contributed by atoms with van der Waals surface area (Å²) in [4.78, 5) is 26.5. The lowest BCUT2D eigenvalue weighted by atomic mass is 9.98. The highest BCUT2D eigenvalue weighted by atomic mass is 16.5. The second-order valence-corrected chi connectivity index (χ2v) is 6.33. The molecule has 0 unspecified atom stereocenters. The van der Waals surface area contributed by atoms with Crippen molar-refractivity contribution in [1.29, 1.82) is 0 Å². The molecule has 0 fully saturated rings. The second-order valence-electron chi connectivity index (χ2n) is 6.33. The third-order valence-electron chi connectivity index (χ3n) is 4.26. The molecule has 0 bridgehead atoms. The van der Waals surface area contributed by atoms with E-state index in [1.807, 2.05) is 32.9 Å². The van der Waals surface area contributed by atoms with Gasteiger partial charge in [0.15, 0.2) is 5.76 Å². The Balaban J connectivity index is 1.98. The summed E-state index contributed by atoms with van der Waals surface area (Å²) in [6.45, 7) is 6.33. The maximum atomic E-state index is 12.9. The zero-order valence-corrected chi connectivity index (χ0v) is 15.1. The molecule has 1 aliphatic rings. The predicted molar refractivity (Wildman–Crippen MR) is 100 cm³/mol. The van der Waals surface area contributed by atoms with Crippen LogP contribution in [0.4, 0.5) is 5.69 Å². The summed E-state index contributed by atoms with van der Waals surface area (Å²) in [5.74, 6) is -1.21. The van der Waals surface area contributed by atoms with Gasteiger partial charge in [0.1, 0.15) is 5.75 Å². The van der Waals surface area contributed by atoms with Gasteiger partial charge >= 0.3 is 5.91 Å². The molecule has 1 aliphatic heterocycles. The highest BCUT2D eigenvalue weighted by Crippen LogP contribution is 2.34. The van der Waals surface area contributed by atoms with E-state index in [0.29, 0.717) is 23.6 Å². The van der Waals surface area contributed by atoms with E-state index in [-0.39, 0.29) is 5.57 Å². The molecule has 26 heavy (non-hydrogen) atoms. The molecule has 0 atom stereocenters. The van der Waals surface area contributed by atoms with E-state index in [4.69, 9.17) is 4.74 Å². The van der Waals surface area contributed by atoms with Crippen LogP contribution in [0.15, 0.2) is 48.2 Å². The van der Waals surface area contributed by atoms with Crippen LogP contribution in [0, 0.1) is 13.8 Å².